The summed E-state index contributed by atoms with van der Waals surface area (Å²) in [6.07, 6.45) is 3.41. The molecule has 2 heteroatoms. The second-order valence-corrected chi connectivity index (χ2v) is 2.63. The first-order chi connectivity index (χ1) is 4.83. The highest BCUT2D eigenvalue weighted by atomic mass is 16.7. The summed E-state index contributed by atoms with van der Waals surface area (Å²) in [7, 11) is 0. The Hall–Kier alpha value is -0.0800. The van der Waals surface area contributed by atoms with Crippen molar-refractivity contribution in [2.24, 2.45) is 0 Å². The molecule has 0 radical (unpaired) electrons. The summed E-state index contributed by atoms with van der Waals surface area (Å²) in [6.45, 7) is 5.55. The average Bonchev–Trinajstić information content (AvgIpc) is 1.84. The molecule has 0 aromatic rings. The Kier molecular flexibility index (Phi) is 2.69. The summed E-state index contributed by atoms with van der Waals surface area (Å²) in [5, 5.41) is 0. The lowest BCUT2D eigenvalue weighted by molar-refractivity contribution is -0.273. The first kappa shape index (κ1) is 8.02. The maximum atomic E-state index is 5.48. The molecule has 0 unspecified atom stereocenters. The molecule has 1 rings (SSSR count). The minimum atomic E-state index is -0.177. The van der Waals surface area contributed by atoms with Crippen molar-refractivity contribution < 1.29 is 9.47 Å². The van der Waals surface area contributed by atoms with Crippen molar-refractivity contribution in [2.45, 2.75) is 38.9 Å². The van der Waals surface area contributed by atoms with E-state index in [2.05, 4.69) is 0 Å². The molecule has 0 aromatic heterocycles. The van der Waals surface area contributed by atoms with Gasteiger partial charge in [-0.3, -0.25) is 0 Å². The van der Waals surface area contributed by atoms with E-state index < -0.39 is 0 Å². The highest BCUT2D eigenvalue weighted by molar-refractivity contribution is 4.80. The van der Waals surface area contributed by atoms with Crippen molar-refractivity contribution in [1.82, 2.24) is 0 Å². The number of ether oxygens (including phenoxy) is 2. The Morgan fingerprint density at radius 1 is 1.10 bits per heavy atom. The number of hydrogen-bond acceptors (Lipinski definition) is 2. The lowest BCUT2D eigenvalue weighted by Crippen LogP contribution is -2.42. The van der Waals surface area contributed by atoms with Gasteiger partial charge >= 0.3 is 0 Å². The van der Waals surface area contributed by atoms with Gasteiger partial charge in [0.25, 0.3) is 0 Å². The summed E-state index contributed by atoms with van der Waals surface area (Å²) in [5.74, 6) is -0.177. The van der Waals surface area contributed by atoms with Crippen molar-refractivity contribution in [3.8, 4) is 0 Å². The topological polar surface area (TPSA) is 18.5 Å². The van der Waals surface area contributed by atoms with E-state index in [1.807, 2.05) is 13.8 Å². The number of hydrogen-bond donors (Lipinski definition) is 0. The third kappa shape index (κ3) is 1.50. The molecule has 2 nitrogen and oxygen atoms in total. The lowest BCUT2D eigenvalue weighted by atomic mass is 9.91. The summed E-state index contributed by atoms with van der Waals surface area (Å²) in [4.78, 5) is 0. The highest BCUT2D eigenvalue weighted by Gasteiger charge is 2.38. The Bertz CT molecular complexity index is 89.4. The van der Waals surface area contributed by atoms with Crippen LogP contribution in [0.4, 0.5) is 0 Å². The monoisotopic (exact) mass is 144 g/mol. The largest absolute Gasteiger partial charge is 0.350 e. The molecule has 1 fully saturated rings. The van der Waals surface area contributed by atoms with Gasteiger partial charge in [-0.1, -0.05) is 0 Å². The summed E-state index contributed by atoms with van der Waals surface area (Å²) in [5.41, 5.74) is 0. The van der Waals surface area contributed by atoms with E-state index >= 15 is 0 Å². The van der Waals surface area contributed by atoms with Gasteiger partial charge < -0.3 is 9.47 Å². The van der Waals surface area contributed by atoms with E-state index in [-0.39, 0.29) is 5.79 Å². The maximum Gasteiger partial charge on any atom is 0.168 e. The predicted molar refractivity (Wildman–Crippen MR) is 39.8 cm³/mol. The van der Waals surface area contributed by atoms with Crippen molar-refractivity contribution in [2.75, 3.05) is 13.2 Å². The van der Waals surface area contributed by atoms with Crippen LogP contribution in [0.25, 0.3) is 0 Å². The van der Waals surface area contributed by atoms with Gasteiger partial charge in [-0.05, 0) is 20.3 Å². The normalized spacial score (nSPS) is 22.2. The first-order valence-corrected chi connectivity index (χ1v) is 4.11. The Balaban J connectivity index is 2.27. The van der Waals surface area contributed by atoms with Crippen LogP contribution in [-0.2, 0) is 9.47 Å². The molecular weight excluding hydrogens is 128 g/mol. The molecule has 0 aromatic carbocycles. The zero-order chi connectivity index (χ0) is 7.45. The summed E-state index contributed by atoms with van der Waals surface area (Å²) < 4.78 is 11.0. The van der Waals surface area contributed by atoms with Crippen LogP contribution >= 0.6 is 0 Å². The van der Waals surface area contributed by atoms with Crippen LogP contribution in [0.3, 0.4) is 0 Å². The molecule has 0 N–H and O–H groups in total. The smallest absolute Gasteiger partial charge is 0.168 e. The molecule has 60 valence electrons. The quantitative estimate of drug-likeness (QED) is 0.561. The van der Waals surface area contributed by atoms with E-state index in [9.17, 15) is 0 Å². The predicted octanol–water partition coefficient (Wildman–Crippen LogP) is 1.94. The minimum Gasteiger partial charge on any atom is -0.350 e. The van der Waals surface area contributed by atoms with Crippen molar-refractivity contribution in [1.29, 1.82) is 0 Å². The Morgan fingerprint density at radius 2 is 1.60 bits per heavy atom. The summed E-state index contributed by atoms with van der Waals surface area (Å²) in [6, 6.07) is 0. The van der Waals surface area contributed by atoms with E-state index in [4.69, 9.17) is 9.47 Å². The molecule has 10 heavy (non-hydrogen) atoms. The van der Waals surface area contributed by atoms with Gasteiger partial charge in [-0.25, -0.2) is 0 Å². The van der Waals surface area contributed by atoms with Gasteiger partial charge in [0.2, 0.25) is 0 Å². The van der Waals surface area contributed by atoms with Gasteiger partial charge in [0.15, 0.2) is 5.79 Å². The van der Waals surface area contributed by atoms with Gasteiger partial charge in [0.05, 0.1) is 0 Å². The fraction of sp³-hybridized carbons (Fsp3) is 1.00. The van der Waals surface area contributed by atoms with Crippen LogP contribution < -0.4 is 0 Å². The average molecular weight is 144 g/mol. The second-order valence-electron chi connectivity index (χ2n) is 2.63. The molecule has 0 heterocycles. The van der Waals surface area contributed by atoms with E-state index in [1.54, 1.807) is 0 Å². The van der Waals surface area contributed by atoms with E-state index in [1.165, 1.54) is 6.42 Å². The SMILES string of the molecule is CCOC1(OCC)CCC1. The molecule has 0 bridgehead atoms. The minimum absolute atomic E-state index is 0.177. The summed E-state index contributed by atoms with van der Waals surface area (Å²) >= 11 is 0. The zero-order valence-corrected chi connectivity index (χ0v) is 6.85. The Morgan fingerprint density at radius 3 is 1.80 bits per heavy atom. The first-order valence-electron chi connectivity index (χ1n) is 4.11. The molecule has 0 saturated heterocycles. The van der Waals surface area contributed by atoms with Gasteiger partial charge in [-0.2, -0.15) is 0 Å². The standard InChI is InChI=1S/C8H16O2/c1-3-9-8(10-4-2)6-5-7-8/h3-7H2,1-2H3. The lowest BCUT2D eigenvalue weighted by Gasteiger charge is -2.40. The maximum absolute atomic E-state index is 5.48. The fourth-order valence-corrected chi connectivity index (χ4v) is 1.32. The highest BCUT2D eigenvalue weighted by Crippen LogP contribution is 2.36. The van der Waals surface area contributed by atoms with Crippen LogP contribution in [0.15, 0.2) is 0 Å². The third-order valence-electron chi connectivity index (χ3n) is 1.93. The van der Waals surface area contributed by atoms with Gasteiger partial charge in [0, 0.05) is 26.1 Å². The Labute approximate surface area is 62.5 Å². The fourth-order valence-electron chi connectivity index (χ4n) is 1.32. The molecule has 0 amide bonds. The van der Waals surface area contributed by atoms with E-state index in [0.29, 0.717) is 0 Å². The van der Waals surface area contributed by atoms with Crippen LogP contribution in [0, 0.1) is 0 Å². The van der Waals surface area contributed by atoms with Crippen LogP contribution in [-0.4, -0.2) is 19.0 Å². The molecule has 0 atom stereocenters. The van der Waals surface area contributed by atoms with Crippen LogP contribution in [0.1, 0.15) is 33.1 Å². The van der Waals surface area contributed by atoms with Gasteiger partial charge in [0.1, 0.15) is 0 Å². The van der Waals surface area contributed by atoms with Crippen molar-refractivity contribution in [3.05, 3.63) is 0 Å². The van der Waals surface area contributed by atoms with Crippen LogP contribution in [0.5, 0.6) is 0 Å². The van der Waals surface area contributed by atoms with Crippen LogP contribution in [0.2, 0.25) is 0 Å². The van der Waals surface area contributed by atoms with Gasteiger partial charge in [-0.15, -0.1) is 0 Å². The van der Waals surface area contributed by atoms with E-state index in [0.717, 1.165) is 26.1 Å². The molecule has 1 aliphatic carbocycles. The second kappa shape index (κ2) is 3.35. The number of rotatable bonds is 4. The molecule has 1 aliphatic rings. The van der Waals surface area contributed by atoms with Crippen molar-refractivity contribution in [3.63, 3.8) is 0 Å². The zero-order valence-electron chi connectivity index (χ0n) is 6.85. The molecule has 0 aliphatic heterocycles. The molecular formula is C8H16O2. The third-order valence-corrected chi connectivity index (χ3v) is 1.93. The molecule has 0 spiro atoms. The van der Waals surface area contributed by atoms with Crippen molar-refractivity contribution >= 4 is 0 Å². The molecule has 1 saturated carbocycles.